The predicted molar refractivity (Wildman–Crippen MR) is 63.9 cm³/mol. The molecule has 0 aliphatic heterocycles. The maximum Gasteiger partial charge on any atom is 0.122 e. The molecule has 0 aliphatic carbocycles. The van der Waals surface area contributed by atoms with Crippen LogP contribution in [0.15, 0.2) is 30.6 Å². The SMILES string of the molecule is COc1cc(N)cc(Nc2cnn(C)c2)c1. The van der Waals surface area contributed by atoms with Gasteiger partial charge in [-0.1, -0.05) is 0 Å². The zero-order chi connectivity index (χ0) is 11.5. The van der Waals surface area contributed by atoms with Crippen LogP contribution >= 0.6 is 0 Å². The zero-order valence-electron chi connectivity index (χ0n) is 9.27. The number of nitrogens with one attached hydrogen (secondary N) is 1. The fourth-order valence-corrected chi connectivity index (χ4v) is 1.46. The molecule has 1 aromatic heterocycles. The van der Waals surface area contributed by atoms with E-state index in [1.807, 2.05) is 25.4 Å². The largest absolute Gasteiger partial charge is 0.497 e. The Labute approximate surface area is 93.8 Å². The average molecular weight is 218 g/mol. The Balaban J connectivity index is 2.24. The van der Waals surface area contributed by atoms with Crippen molar-refractivity contribution in [3.05, 3.63) is 30.6 Å². The van der Waals surface area contributed by atoms with E-state index in [0.717, 1.165) is 17.1 Å². The quantitative estimate of drug-likeness (QED) is 0.770. The van der Waals surface area contributed by atoms with E-state index in [1.165, 1.54) is 0 Å². The molecular formula is C11H14N4O. The number of nitrogens with zero attached hydrogens (tertiary/aromatic N) is 2. The van der Waals surface area contributed by atoms with Crippen LogP contribution in [0.1, 0.15) is 0 Å². The first-order chi connectivity index (χ1) is 7.67. The standard InChI is InChI=1S/C11H14N4O/c1-15-7-10(6-13-15)14-9-3-8(12)4-11(5-9)16-2/h3-7,14H,12H2,1-2H3. The van der Waals surface area contributed by atoms with Crippen LogP contribution in [0.25, 0.3) is 0 Å². The van der Waals surface area contributed by atoms with Crippen LogP contribution in [-0.4, -0.2) is 16.9 Å². The van der Waals surface area contributed by atoms with Crippen LogP contribution in [0.5, 0.6) is 5.75 Å². The molecule has 0 amide bonds. The Morgan fingerprint density at radius 2 is 2.12 bits per heavy atom. The molecule has 0 saturated heterocycles. The number of aromatic nitrogens is 2. The third-order valence-electron chi connectivity index (χ3n) is 2.16. The van der Waals surface area contributed by atoms with Gasteiger partial charge in [-0.25, -0.2) is 0 Å². The van der Waals surface area contributed by atoms with Gasteiger partial charge in [0.25, 0.3) is 0 Å². The highest BCUT2D eigenvalue weighted by Crippen LogP contribution is 2.24. The summed E-state index contributed by atoms with van der Waals surface area (Å²) >= 11 is 0. The molecule has 3 N–H and O–H groups in total. The van der Waals surface area contributed by atoms with E-state index >= 15 is 0 Å². The summed E-state index contributed by atoms with van der Waals surface area (Å²) in [5.74, 6) is 0.728. The van der Waals surface area contributed by atoms with Gasteiger partial charge in [-0.05, 0) is 6.07 Å². The number of hydrogen-bond acceptors (Lipinski definition) is 4. The van der Waals surface area contributed by atoms with E-state index in [0.29, 0.717) is 5.69 Å². The van der Waals surface area contributed by atoms with Crippen molar-refractivity contribution in [3.8, 4) is 5.75 Å². The van der Waals surface area contributed by atoms with Crippen LogP contribution in [-0.2, 0) is 7.05 Å². The second-order valence-corrected chi connectivity index (χ2v) is 3.52. The summed E-state index contributed by atoms with van der Waals surface area (Å²) in [6.07, 6.45) is 3.63. The molecule has 0 atom stereocenters. The van der Waals surface area contributed by atoms with E-state index in [2.05, 4.69) is 10.4 Å². The van der Waals surface area contributed by atoms with Gasteiger partial charge in [0.05, 0.1) is 19.0 Å². The Bertz CT molecular complexity index is 492. The van der Waals surface area contributed by atoms with Gasteiger partial charge in [0.15, 0.2) is 0 Å². The fourth-order valence-electron chi connectivity index (χ4n) is 1.46. The van der Waals surface area contributed by atoms with E-state index in [9.17, 15) is 0 Å². The number of nitrogen functional groups attached to an aromatic ring is 1. The average Bonchev–Trinajstić information content (AvgIpc) is 2.63. The number of nitrogens with two attached hydrogens (primary N) is 1. The van der Waals surface area contributed by atoms with Crippen molar-refractivity contribution in [2.45, 2.75) is 0 Å². The maximum absolute atomic E-state index is 5.75. The van der Waals surface area contributed by atoms with Crippen LogP contribution in [0.2, 0.25) is 0 Å². The van der Waals surface area contributed by atoms with Crippen molar-refractivity contribution >= 4 is 17.1 Å². The third-order valence-corrected chi connectivity index (χ3v) is 2.16. The van der Waals surface area contributed by atoms with Crippen molar-refractivity contribution in [2.75, 3.05) is 18.2 Å². The molecule has 0 fully saturated rings. The highest BCUT2D eigenvalue weighted by Gasteiger charge is 2.01. The van der Waals surface area contributed by atoms with Gasteiger partial charge < -0.3 is 15.8 Å². The highest BCUT2D eigenvalue weighted by molar-refractivity contribution is 5.65. The minimum Gasteiger partial charge on any atom is -0.497 e. The molecule has 5 nitrogen and oxygen atoms in total. The summed E-state index contributed by atoms with van der Waals surface area (Å²) in [7, 11) is 3.48. The Morgan fingerprint density at radius 3 is 2.75 bits per heavy atom. The summed E-state index contributed by atoms with van der Waals surface area (Å²) in [4.78, 5) is 0. The Hall–Kier alpha value is -2.17. The summed E-state index contributed by atoms with van der Waals surface area (Å²) < 4.78 is 6.87. The van der Waals surface area contributed by atoms with Gasteiger partial charge in [0, 0.05) is 36.8 Å². The Morgan fingerprint density at radius 1 is 1.31 bits per heavy atom. The number of rotatable bonds is 3. The summed E-state index contributed by atoms with van der Waals surface area (Å²) in [6, 6.07) is 5.49. The Kier molecular flexibility index (Phi) is 2.68. The van der Waals surface area contributed by atoms with E-state index in [1.54, 1.807) is 24.1 Å². The molecule has 0 aliphatic rings. The number of hydrogen-bond donors (Lipinski definition) is 2. The smallest absolute Gasteiger partial charge is 0.122 e. The number of ether oxygens (including phenoxy) is 1. The van der Waals surface area contributed by atoms with Crippen molar-refractivity contribution < 1.29 is 4.74 Å². The minimum atomic E-state index is 0.658. The molecule has 1 aromatic carbocycles. The lowest BCUT2D eigenvalue weighted by Crippen LogP contribution is -1.93. The van der Waals surface area contributed by atoms with Gasteiger partial charge in [-0.3, -0.25) is 4.68 Å². The molecule has 5 heteroatoms. The summed E-state index contributed by atoms with van der Waals surface area (Å²) in [6.45, 7) is 0. The maximum atomic E-state index is 5.75. The highest BCUT2D eigenvalue weighted by atomic mass is 16.5. The fraction of sp³-hybridized carbons (Fsp3) is 0.182. The first kappa shape index (κ1) is 10.4. The van der Waals surface area contributed by atoms with E-state index in [4.69, 9.17) is 10.5 Å². The molecule has 2 rings (SSSR count). The molecule has 1 heterocycles. The van der Waals surface area contributed by atoms with Crippen molar-refractivity contribution in [3.63, 3.8) is 0 Å². The van der Waals surface area contributed by atoms with Gasteiger partial charge in [0.2, 0.25) is 0 Å². The van der Waals surface area contributed by atoms with Crippen molar-refractivity contribution in [2.24, 2.45) is 7.05 Å². The predicted octanol–water partition coefficient (Wildman–Crippen LogP) is 1.75. The van der Waals surface area contributed by atoms with Crippen LogP contribution in [0, 0.1) is 0 Å². The van der Waals surface area contributed by atoms with Gasteiger partial charge >= 0.3 is 0 Å². The normalized spacial score (nSPS) is 10.1. The van der Waals surface area contributed by atoms with Gasteiger partial charge in [-0.15, -0.1) is 0 Å². The molecule has 0 saturated carbocycles. The van der Waals surface area contributed by atoms with E-state index in [-0.39, 0.29) is 0 Å². The first-order valence-corrected chi connectivity index (χ1v) is 4.87. The van der Waals surface area contributed by atoms with Crippen molar-refractivity contribution in [1.82, 2.24) is 9.78 Å². The second-order valence-electron chi connectivity index (χ2n) is 3.52. The molecule has 84 valence electrons. The lowest BCUT2D eigenvalue weighted by molar-refractivity contribution is 0.415. The topological polar surface area (TPSA) is 65.1 Å². The molecule has 2 aromatic rings. The lowest BCUT2D eigenvalue weighted by Gasteiger charge is -2.07. The molecule has 0 radical (unpaired) electrons. The second kappa shape index (κ2) is 4.14. The monoisotopic (exact) mass is 218 g/mol. The van der Waals surface area contributed by atoms with Crippen LogP contribution in [0.4, 0.5) is 17.1 Å². The number of methoxy groups -OCH3 is 1. The van der Waals surface area contributed by atoms with Gasteiger partial charge in [0.1, 0.15) is 5.75 Å². The van der Waals surface area contributed by atoms with Crippen molar-refractivity contribution in [1.29, 1.82) is 0 Å². The number of aryl methyl sites for hydroxylation is 1. The summed E-state index contributed by atoms with van der Waals surface area (Å²) in [5, 5.41) is 7.27. The third kappa shape index (κ3) is 2.25. The summed E-state index contributed by atoms with van der Waals surface area (Å²) in [5.41, 5.74) is 8.20. The number of benzene rings is 1. The van der Waals surface area contributed by atoms with Crippen LogP contribution in [0.3, 0.4) is 0 Å². The molecule has 16 heavy (non-hydrogen) atoms. The van der Waals surface area contributed by atoms with E-state index < -0.39 is 0 Å². The molecule has 0 unspecified atom stereocenters. The number of anilines is 3. The molecule has 0 spiro atoms. The minimum absolute atomic E-state index is 0.658. The molecule has 0 bridgehead atoms. The lowest BCUT2D eigenvalue weighted by atomic mass is 10.2. The molecular weight excluding hydrogens is 204 g/mol. The van der Waals surface area contributed by atoms with Crippen LogP contribution < -0.4 is 15.8 Å². The zero-order valence-corrected chi connectivity index (χ0v) is 9.27. The van der Waals surface area contributed by atoms with Gasteiger partial charge in [-0.2, -0.15) is 5.10 Å². The first-order valence-electron chi connectivity index (χ1n) is 4.87.